The van der Waals surface area contributed by atoms with E-state index in [2.05, 4.69) is 159 Å². The zero-order valence-corrected chi connectivity index (χ0v) is 26.6. The molecule has 0 saturated heterocycles. The van der Waals surface area contributed by atoms with Crippen LogP contribution in [0.15, 0.2) is 146 Å². The van der Waals surface area contributed by atoms with E-state index in [1.807, 2.05) is 11.3 Å². The van der Waals surface area contributed by atoms with E-state index < -0.39 is 0 Å². The van der Waals surface area contributed by atoms with E-state index in [0.29, 0.717) is 0 Å². The van der Waals surface area contributed by atoms with Crippen molar-refractivity contribution in [3.8, 4) is 33.4 Å². The lowest BCUT2D eigenvalue weighted by atomic mass is 9.80. The Bertz CT molecular complexity index is 2660. The summed E-state index contributed by atoms with van der Waals surface area (Å²) >= 11 is 1.89. The van der Waals surface area contributed by atoms with Crippen LogP contribution in [0.4, 0.5) is 0 Å². The van der Waals surface area contributed by atoms with E-state index in [-0.39, 0.29) is 5.41 Å². The Balaban J connectivity index is 1.22. The Kier molecular flexibility index (Phi) is 5.31. The van der Waals surface area contributed by atoms with Gasteiger partial charge < -0.3 is 0 Å². The van der Waals surface area contributed by atoms with E-state index in [9.17, 15) is 0 Å². The average molecular weight is 603 g/mol. The van der Waals surface area contributed by atoms with Crippen molar-refractivity contribution in [2.75, 3.05) is 0 Å². The molecule has 9 aromatic rings. The second-order valence-corrected chi connectivity index (χ2v) is 14.4. The highest BCUT2D eigenvalue weighted by atomic mass is 32.1. The van der Waals surface area contributed by atoms with Crippen LogP contribution in [-0.4, -0.2) is 0 Å². The summed E-state index contributed by atoms with van der Waals surface area (Å²) in [6.45, 7) is 4.78. The maximum absolute atomic E-state index is 2.48. The fourth-order valence-electron chi connectivity index (χ4n) is 8.21. The van der Waals surface area contributed by atoms with Crippen LogP contribution >= 0.6 is 11.3 Å². The van der Waals surface area contributed by atoms with Gasteiger partial charge in [0.05, 0.1) is 0 Å². The number of hydrogen-bond acceptors (Lipinski definition) is 1. The van der Waals surface area contributed by atoms with Crippen LogP contribution in [0, 0.1) is 0 Å². The van der Waals surface area contributed by atoms with Crippen LogP contribution in [0.1, 0.15) is 25.0 Å². The molecule has 0 spiro atoms. The summed E-state index contributed by atoms with van der Waals surface area (Å²) in [4.78, 5) is 0. The quantitative estimate of drug-likeness (QED) is 0.173. The van der Waals surface area contributed by atoms with E-state index >= 15 is 0 Å². The molecule has 8 aromatic carbocycles. The summed E-state index contributed by atoms with van der Waals surface area (Å²) in [7, 11) is 0. The SMILES string of the molecule is CC1(C)c2cc(-c3c4ccccc4c(-c4ccc5c(c4)sc4ccccc45)c4ccccc34)ccc2-c2cc3ccccc3cc21. The summed E-state index contributed by atoms with van der Waals surface area (Å²) in [6, 6.07) is 54.6. The highest BCUT2D eigenvalue weighted by Crippen LogP contribution is 2.52. The van der Waals surface area contributed by atoms with Gasteiger partial charge in [0.15, 0.2) is 0 Å². The van der Waals surface area contributed by atoms with Gasteiger partial charge in [0.1, 0.15) is 0 Å². The molecule has 10 rings (SSSR count). The van der Waals surface area contributed by atoms with Crippen molar-refractivity contribution in [1.82, 2.24) is 0 Å². The van der Waals surface area contributed by atoms with Crippen molar-refractivity contribution in [2.24, 2.45) is 0 Å². The number of fused-ring (bicyclic) bond motifs is 9. The van der Waals surface area contributed by atoms with Gasteiger partial charge in [0.25, 0.3) is 0 Å². The molecule has 1 aliphatic carbocycles. The third-order valence-electron chi connectivity index (χ3n) is 10.4. The average Bonchev–Trinajstić information content (AvgIpc) is 3.57. The molecule has 0 saturated carbocycles. The number of benzene rings is 8. The first-order chi connectivity index (χ1) is 22.6. The zero-order valence-electron chi connectivity index (χ0n) is 25.8. The third-order valence-corrected chi connectivity index (χ3v) is 11.6. The van der Waals surface area contributed by atoms with Crippen LogP contribution in [0.25, 0.3) is 85.9 Å². The van der Waals surface area contributed by atoms with Gasteiger partial charge in [-0.25, -0.2) is 0 Å². The van der Waals surface area contributed by atoms with Gasteiger partial charge >= 0.3 is 0 Å². The van der Waals surface area contributed by atoms with Gasteiger partial charge in [-0.05, 0) is 107 Å². The van der Waals surface area contributed by atoms with Gasteiger partial charge in [-0.15, -0.1) is 11.3 Å². The van der Waals surface area contributed by atoms with Gasteiger partial charge in [0, 0.05) is 25.6 Å². The molecule has 0 radical (unpaired) electrons. The smallest absolute Gasteiger partial charge is 0.0361 e. The molecule has 0 N–H and O–H groups in total. The number of thiophene rings is 1. The van der Waals surface area contributed by atoms with Crippen LogP contribution in [0.2, 0.25) is 0 Å². The molecule has 0 fully saturated rings. The molecule has 0 unspecified atom stereocenters. The lowest BCUT2D eigenvalue weighted by molar-refractivity contribution is 0.661. The van der Waals surface area contributed by atoms with Crippen molar-refractivity contribution >= 4 is 63.8 Å². The van der Waals surface area contributed by atoms with Gasteiger partial charge in [-0.2, -0.15) is 0 Å². The van der Waals surface area contributed by atoms with Crippen molar-refractivity contribution < 1.29 is 0 Å². The lowest BCUT2D eigenvalue weighted by Crippen LogP contribution is -2.15. The Morgan fingerprint density at radius 3 is 1.57 bits per heavy atom. The molecular formula is C45H30S. The molecule has 0 atom stereocenters. The summed E-state index contributed by atoms with van der Waals surface area (Å²) in [5, 5.41) is 10.5. The van der Waals surface area contributed by atoms with E-state index in [0.717, 1.165) is 0 Å². The molecule has 216 valence electrons. The molecule has 0 amide bonds. The Labute approximate surface area is 272 Å². The second kappa shape index (κ2) is 9.39. The van der Waals surface area contributed by atoms with Crippen LogP contribution in [0.5, 0.6) is 0 Å². The highest BCUT2D eigenvalue weighted by molar-refractivity contribution is 7.25. The fourth-order valence-corrected chi connectivity index (χ4v) is 9.35. The maximum Gasteiger partial charge on any atom is 0.0361 e. The standard InChI is InChI=1S/C45H30S/c1-45(2)39-25-29(19-21-31(39)38-23-27-11-3-4-12-28(27)24-40(38)45)43-34-14-5-7-16-36(34)44(37-17-8-6-15-35(37)43)30-20-22-33-32-13-9-10-18-41(32)46-42(33)26-30/h3-26H,1-2H3. The molecule has 46 heavy (non-hydrogen) atoms. The third kappa shape index (κ3) is 3.55. The summed E-state index contributed by atoms with van der Waals surface area (Å²) in [5.74, 6) is 0. The van der Waals surface area contributed by atoms with E-state index in [1.54, 1.807) is 0 Å². The predicted octanol–water partition coefficient (Wildman–Crippen LogP) is 13.2. The lowest BCUT2D eigenvalue weighted by Gasteiger charge is -2.23. The molecule has 1 heteroatoms. The molecule has 0 aliphatic heterocycles. The first kappa shape index (κ1) is 26.0. The largest absolute Gasteiger partial charge is 0.135 e. The minimum Gasteiger partial charge on any atom is -0.135 e. The summed E-state index contributed by atoms with van der Waals surface area (Å²) < 4.78 is 2.68. The van der Waals surface area contributed by atoms with Gasteiger partial charge in [-0.3, -0.25) is 0 Å². The minimum atomic E-state index is -0.0874. The molecule has 1 aromatic heterocycles. The van der Waals surface area contributed by atoms with Crippen LogP contribution in [0.3, 0.4) is 0 Å². The number of hydrogen-bond donors (Lipinski definition) is 0. The molecule has 1 heterocycles. The second-order valence-electron chi connectivity index (χ2n) is 13.3. The molecule has 0 nitrogen and oxygen atoms in total. The van der Waals surface area contributed by atoms with Crippen molar-refractivity contribution in [3.05, 3.63) is 157 Å². The Morgan fingerprint density at radius 2 is 0.891 bits per heavy atom. The topological polar surface area (TPSA) is 0 Å². The predicted molar refractivity (Wildman–Crippen MR) is 200 cm³/mol. The van der Waals surface area contributed by atoms with Gasteiger partial charge in [-0.1, -0.05) is 129 Å². The monoisotopic (exact) mass is 602 g/mol. The molecule has 0 bridgehead atoms. The van der Waals surface area contributed by atoms with Crippen molar-refractivity contribution in [3.63, 3.8) is 0 Å². The van der Waals surface area contributed by atoms with E-state index in [1.165, 1.54) is 97.0 Å². The highest BCUT2D eigenvalue weighted by Gasteiger charge is 2.36. The molecular weight excluding hydrogens is 573 g/mol. The van der Waals surface area contributed by atoms with Crippen molar-refractivity contribution in [1.29, 1.82) is 0 Å². The summed E-state index contributed by atoms with van der Waals surface area (Å²) in [6.07, 6.45) is 0. The van der Waals surface area contributed by atoms with Crippen LogP contribution < -0.4 is 0 Å². The van der Waals surface area contributed by atoms with Crippen molar-refractivity contribution in [2.45, 2.75) is 19.3 Å². The first-order valence-corrected chi connectivity index (χ1v) is 16.9. The van der Waals surface area contributed by atoms with Gasteiger partial charge in [0.2, 0.25) is 0 Å². The Hall–Kier alpha value is -5.24. The summed E-state index contributed by atoms with van der Waals surface area (Å²) in [5.41, 5.74) is 10.6. The van der Waals surface area contributed by atoms with E-state index in [4.69, 9.17) is 0 Å². The normalized spacial score (nSPS) is 13.6. The fraction of sp³-hybridized carbons (Fsp3) is 0.0667. The number of rotatable bonds is 2. The Morgan fingerprint density at radius 1 is 0.391 bits per heavy atom. The zero-order chi connectivity index (χ0) is 30.6. The molecule has 1 aliphatic rings. The van der Waals surface area contributed by atoms with Crippen LogP contribution in [-0.2, 0) is 5.41 Å². The minimum absolute atomic E-state index is 0.0874. The first-order valence-electron chi connectivity index (χ1n) is 16.1. The maximum atomic E-state index is 2.48.